The zero-order valence-corrected chi connectivity index (χ0v) is 31.7. The van der Waals surface area contributed by atoms with Gasteiger partial charge in [-0.1, -0.05) is 54.1 Å². The molecular weight excluding hydrogens is 705 g/mol. The number of ether oxygens (including phenoxy) is 2. The summed E-state index contributed by atoms with van der Waals surface area (Å²) in [5.74, 6) is -0.821. The molecule has 2 aliphatic heterocycles. The molecule has 2 saturated heterocycles. The van der Waals surface area contributed by atoms with Crippen LogP contribution in [0, 0.1) is 11.7 Å². The van der Waals surface area contributed by atoms with Gasteiger partial charge in [-0.05, 0) is 112 Å². The molecule has 3 aromatic carbocycles. The Kier molecular flexibility index (Phi) is 11.5. The number of carbonyl (C=O) groups is 2. The van der Waals surface area contributed by atoms with Crippen LogP contribution in [0.1, 0.15) is 75.5 Å². The minimum absolute atomic E-state index is 0.0771. The van der Waals surface area contributed by atoms with E-state index in [9.17, 15) is 18.0 Å². The molecule has 0 unspecified atom stereocenters. The average molecular weight is 754 g/mol. The molecule has 1 aliphatic carbocycles. The van der Waals surface area contributed by atoms with Crippen LogP contribution in [0.2, 0.25) is 5.02 Å². The average Bonchev–Trinajstić information content (AvgIpc) is 3.87. The summed E-state index contributed by atoms with van der Waals surface area (Å²) < 4.78 is 57.3. The number of ketones is 1. The molecule has 3 aliphatic rings. The number of hydrogen-bond acceptors (Lipinski definition) is 7. The van der Waals surface area contributed by atoms with Crippen LogP contribution in [-0.4, -0.2) is 79.0 Å². The van der Waals surface area contributed by atoms with Gasteiger partial charge in [-0.25, -0.2) is 17.6 Å². The zero-order chi connectivity index (χ0) is 37.3. The van der Waals surface area contributed by atoms with Crippen molar-refractivity contribution >= 4 is 33.5 Å². The van der Waals surface area contributed by atoms with Gasteiger partial charge in [0.05, 0.1) is 16.5 Å². The molecule has 1 amide bonds. The van der Waals surface area contributed by atoms with E-state index < -0.39 is 45.2 Å². The highest BCUT2D eigenvalue weighted by Crippen LogP contribution is 2.49. The van der Waals surface area contributed by atoms with Crippen molar-refractivity contribution < 1.29 is 31.9 Å². The quantitative estimate of drug-likeness (QED) is 0.226. The maximum Gasteiger partial charge on any atom is 0.410 e. The number of carbonyl (C=O) groups excluding carboxylic acids is 2. The molecule has 6 rings (SSSR count). The van der Waals surface area contributed by atoms with E-state index in [-0.39, 0.29) is 54.9 Å². The second-order valence-electron chi connectivity index (χ2n) is 15.5. The highest BCUT2D eigenvalue weighted by atomic mass is 35.5. The minimum atomic E-state index is -3.97. The summed E-state index contributed by atoms with van der Waals surface area (Å²) in [4.78, 5) is 29.2. The molecule has 280 valence electrons. The van der Waals surface area contributed by atoms with Crippen LogP contribution in [0.25, 0.3) is 0 Å². The number of nitrogens with zero attached hydrogens (tertiary/aromatic N) is 2. The molecule has 1 spiro atoms. The molecule has 0 radical (unpaired) electrons. The Hall–Kier alpha value is -3.35. The first-order chi connectivity index (χ1) is 24.7. The topological polar surface area (TPSA) is 119 Å². The van der Waals surface area contributed by atoms with Crippen molar-refractivity contribution in [2.45, 2.75) is 99.8 Å². The third-order valence-corrected chi connectivity index (χ3v) is 12.9. The highest BCUT2D eigenvalue weighted by Gasteiger charge is 2.60. The molecule has 52 heavy (non-hydrogen) atoms. The lowest BCUT2D eigenvalue weighted by atomic mass is 9.75. The summed E-state index contributed by atoms with van der Waals surface area (Å²) in [6.07, 6.45) is 2.50. The van der Waals surface area contributed by atoms with Crippen LogP contribution >= 0.6 is 11.6 Å². The third-order valence-electron chi connectivity index (χ3n) is 10.6. The molecule has 2 N–H and O–H groups in total. The van der Waals surface area contributed by atoms with Gasteiger partial charge < -0.3 is 20.1 Å². The van der Waals surface area contributed by atoms with Crippen LogP contribution in [0.3, 0.4) is 0 Å². The van der Waals surface area contributed by atoms with Crippen LogP contribution in [0.4, 0.5) is 9.18 Å². The highest BCUT2D eigenvalue weighted by molar-refractivity contribution is 7.89. The van der Waals surface area contributed by atoms with Crippen molar-refractivity contribution in [1.29, 1.82) is 0 Å². The molecule has 3 fully saturated rings. The minimum Gasteiger partial charge on any atom is -0.444 e. The monoisotopic (exact) mass is 753 g/mol. The number of amides is 1. The first kappa shape index (κ1) is 38.4. The van der Waals surface area contributed by atoms with Crippen LogP contribution in [0.15, 0.2) is 77.7 Å². The molecule has 1 saturated carbocycles. The Balaban J connectivity index is 1.27. The van der Waals surface area contributed by atoms with Crippen molar-refractivity contribution in [3.8, 4) is 0 Å². The van der Waals surface area contributed by atoms with Gasteiger partial charge in [0.2, 0.25) is 10.0 Å². The molecule has 9 nitrogen and oxygen atoms in total. The van der Waals surface area contributed by atoms with E-state index in [0.29, 0.717) is 42.2 Å². The summed E-state index contributed by atoms with van der Waals surface area (Å²) >= 11 is 6.19. The fraction of sp³-hybridized carbons (Fsp3) is 0.500. The second-order valence-corrected chi connectivity index (χ2v) is 17.7. The Morgan fingerprint density at radius 1 is 1.02 bits per heavy atom. The number of piperazine rings is 1. The maximum atomic E-state index is 15.8. The van der Waals surface area contributed by atoms with Crippen molar-refractivity contribution in [2.75, 3.05) is 26.3 Å². The Morgan fingerprint density at radius 2 is 1.69 bits per heavy atom. The van der Waals surface area contributed by atoms with Gasteiger partial charge in [-0.2, -0.15) is 4.31 Å². The van der Waals surface area contributed by atoms with E-state index in [1.807, 2.05) is 12.1 Å². The number of benzene rings is 3. The molecule has 3 aromatic rings. The second kappa shape index (κ2) is 15.6. The molecule has 3 atom stereocenters. The number of Topliss-reactive ketones (excluding diaryl/α,β-unsaturated/α-hetero) is 1. The van der Waals surface area contributed by atoms with Crippen molar-refractivity contribution in [2.24, 2.45) is 11.7 Å². The number of sulfonamides is 1. The first-order valence-corrected chi connectivity index (χ1v) is 20.0. The van der Waals surface area contributed by atoms with Gasteiger partial charge in [0.25, 0.3) is 0 Å². The number of halogens is 2. The van der Waals surface area contributed by atoms with Crippen molar-refractivity contribution in [3.63, 3.8) is 0 Å². The van der Waals surface area contributed by atoms with E-state index in [1.165, 1.54) is 6.07 Å². The summed E-state index contributed by atoms with van der Waals surface area (Å²) in [5, 5.41) is 0.591. The number of hydrogen-bond donors (Lipinski definition) is 1. The van der Waals surface area contributed by atoms with Crippen LogP contribution in [0.5, 0.6) is 0 Å². The summed E-state index contributed by atoms with van der Waals surface area (Å²) in [6, 6.07) is 18.9. The van der Waals surface area contributed by atoms with E-state index in [0.717, 1.165) is 18.4 Å². The van der Waals surface area contributed by atoms with Crippen molar-refractivity contribution in [3.05, 3.63) is 100 Å². The number of nitrogens with two attached hydrogens (primary N) is 1. The Labute approximate surface area is 311 Å². The van der Waals surface area contributed by atoms with Gasteiger partial charge in [0.1, 0.15) is 11.4 Å². The van der Waals surface area contributed by atoms with Gasteiger partial charge in [-0.3, -0.25) is 4.79 Å². The molecule has 12 heteroatoms. The third kappa shape index (κ3) is 8.55. The zero-order valence-electron chi connectivity index (χ0n) is 30.1. The van der Waals surface area contributed by atoms with E-state index in [2.05, 4.69) is 0 Å². The van der Waals surface area contributed by atoms with E-state index in [4.69, 9.17) is 26.8 Å². The Bertz CT molecular complexity index is 1840. The van der Waals surface area contributed by atoms with E-state index >= 15 is 4.39 Å². The lowest BCUT2D eigenvalue weighted by Gasteiger charge is -2.46. The molecule has 0 bridgehead atoms. The van der Waals surface area contributed by atoms with Gasteiger partial charge in [0, 0.05) is 49.7 Å². The normalized spacial score (nSPS) is 20.7. The lowest BCUT2D eigenvalue weighted by Crippen LogP contribution is -2.63. The largest absolute Gasteiger partial charge is 0.444 e. The standard InChI is InChI=1S/C40H49ClFN3O6S/c1-39(2,3)51-38(47)44-25-31(45(40(26-44)20-21-40)52(48,49)32-9-5-4-6-10-32)16-17-33-29(8-7-11-34(33)42)24-35(46)37(43)36(28-18-22-50-23-19-28)27-12-14-30(41)15-13-27/h4-15,28,31,36-37H,16-26,43H2,1-3H3/t31-,36-,37+/m0/s1. The van der Waals surface area contributed by atoms with Gasteiger partial charge in [-0.15, -0.1) is 0 Å². The van der Waals surface area contributed by atoms with Crippen LogP contribution < -0.4 is 5.73 Å². The SMILES string of the molecule is CC(C)(C)OC(=O)N1C[C@H](CCc2c(F)cccc2CC(=O)[C@@H](N)[C@@H](c2ccc(Cl)cc2)C2CCOCC2)N(S(=O)(=O)c2ccccc2)C2(CC2)C1. The smallest absolute Gasteiger partial charge is 0.410 e. The molecule has 2 heterocycles. The van der Waals surface area contributed by atoms with Gasteiger partial charge >= 0.3 is 6.09 Å². The predicted octanol–water partition coefficient (Wildman–Crippen LogP) is 6.90. The molecular formula is C40H49ClFN3O6S. The fourth-order valence-corrected chi connectivity index (χ4v) is 10.1. The summed E-state index contributed by atoms with van der Waals surface area (Å²) in [6.45, 7) is 6.86. The summed E-state index contributed by atoms with van der Waals surface area (Å²) in [7, 11) is -3.97. The molecule has 0 aromatic heterocycles. The first-order valence-electron chi connectivity index (χ1n) is 18.1. The lowest BCUT2D eigenvalue weighted by molar-refractivity contribution is -0.120. The summed E-state index contributed by atoms with van der Waals surface area (Å²) in [5.41, 5.74) is 7.06. The fourth-order valence-electron chi connectivity index (χ4n) is 7.96. The Morgan fingerprint density at radius 3 is 2.33 bits per heavy atom. The van der Waals surface area contributed by atoms with Crippen LogP contribution in [-0.2, 0) is 37.1 Å². The number of rotatable bonds is 11. The maximum absolute atomic E-state index is 15.8. The van der Waals surface area contributed by atoms with E-state index in [1.54, 1.807) is 84.6 Å². The predicted molar refractivity (Wildman–Crippen MR) is 198 cm³/mol. The van der Waals surface area contributed by atoms with Crippen molar-refractivity contribution in [1.82, 2.24) is 9.21 Å². The van der Waals surface area contributed by atoms with Gasteiger partial charge in [0.15, 0.2) is 5.78 Å².